The van der Waals surface area contributed by atoms with Gasteiger partial charge >= 0.3 is 6.09 Å². The molecule has 1 unspecified atom stereocenters. The Labute approximate surface area is 135 Å². The van der Waals surface area contributed by atoms with E-state index in [0.717, 1.165) is 17.7 Å². The fourth-order valence-corrected chi connectivity index (χ4v) is 2.99. The molecule has 5 heteroatoms. The molecular formula is C18H20N2O3. The summed E-state index contributed by atoms with van der Waals surface area (Å²) in [5.74, 6) is 0.234. The van der Waals surface area contributed by atoms with E-state index in [9.17, 15) is 9.90 Å². The van der Waals surface area contributed by atoms with Crippen molar-refractivity contribution in [2.24, 2.45) is 0 Å². The molecule has 1 aromatic carbocycles. The number of carbonyl (C=O) groups is 1. The summed E-state index contributed by atoms with van der Waals surface area (Å²) in [5.41, 5.74) is 3.15. The van der Waals surface area contributed by atoms with Crippen molar-refractivity contribution in [2.45, 2.75) is 25.8 Å². The van der Waals surface area contributed by atoms with Gasteiger partial charge in [-0.15, -0.1) is 0 Å². The van der Waals surface area contributed by atoms with Crippen molar-refractivity contribution in [2.75, 3.05) is 13.2 Å². The van der Waals surface area contributed by atoms with E-state index in [1.807, 2.05) is 25.1 Å². The number of phenolic OH excluding ortho intramolecular Hbond substituents is 1. The summed E-state index contributed by atoms with van der Waals surface area (Å²) in [5, 5.41) is 9.43. The van der Waals surface area contributed by atoms with Crippen LogP contribution in [0.3, 0.4) is 0 Å². The number of phenols is 1. The molecule has 0 fully saturated rings. The second-order valence-corrected chi connectivity index (χ2v) is 5.58. The van der Waals surface area contributed by atoms with Crippen LogP contribution in [0.2, 0.25) is 0 Å². The van der Waals surface area contributed by atoms with Crippen molar-refractivity contribution in [3.05, 3.63) is 59.4 Å². The van der Waals surface area contributed by atoms with Crippen molar-refractivity contribution in [1.29, 1.82) is 0 Å². The fourth-order valence-electron chi connectivity index (χ4n) is 2.99. The maximum absolute atomic E-state index is 12.3. The Bertz CT molecular complexity index is 685. The minimum Gasteiger partial charge on any atom is -0.508 e. The fraction of sp³-hybridized carbons (Fsp3) is 0.333. The van der Waals surface area contributed by atoms with Crippen LogP contribution >= 0.6 is 0 Å². The third kappa shape index (κ3) is 3.28. The molecule has 2 heterocycles. The molecule has 1 atom stereocenters. The van der Waals surface area contributed by atoms with Gasteiger partial charge in [0.05, 0.1) is 18.3 Å². The molecule has 0 saturated carbocycles. The smallest absolute Gasteiger partial charge is 0.410 e. The third-order valence-electron chi connectivity index (χ3n) is 4.11. The number of aromatic nitrogens is 1. The monoisotopic (exact) mass is 312 g/mol. The molecule has 0 spiro atoms. The molecule has 0 radical (unpaired) electrons. The first-order chi connectivity index (χ1) is 11.2. The van der Waals surface area contributed by atoms with Gasteiger partial charge in [0, 0.05) is 12.7 Å². The lowest BCUT2D eigenvalue weighted by Gasteiger charge is -2.35. The van der Waals surface area contributed by atoms with Crippen LogP contribution in [0.4, 0.5) is 4.79 Å². The SMILES string of the molecule is CCOC(=O)N1CCc2cccnc2C1Cc1ccc(O)cc1. The summed E-state index contributed by atoms with van der Waals surface area (Å²) >= 11 is 0. The largest absolute Gasteiger partial charge is 0.508 e. The zero-order valence-corrected chi connectivity index (χ0v) is 13.1. The van der Waals surface area contributed by atoms with Crippen LogP contribution in [0.1, 0.15) is 29.8 Å². The predicted octanol–water partition coefficient (Wildman–Crippen LogP) is 3.09. The first kappa shape index (κ1) is 15.3. The molecule has 5 nitrogen and oxygen atoms in total. The van der Waals surface area contributed by atoms with E-state index < -0.39 is 0 Å². The summed E-state index contributed by atoms with van der Waals surface area (Å²) in [6.45, 7) is 2.79. The lowest BCUT2D eigenvalue weighted by molar-refractivity contribution is 0.0853. The molecule has 0 aliphatic carbocycles. The van der Waals surface area contributed by atoms with Gasteiger partial charge in [-0.1, -0.05) is 18.2 Å². The van der Waals surface area contributed by atoms with Gasteiger partial charge in [0.15, 0.2) is 0 Å². The van der Waals surface area contributed by atoms with Gasteiger partial charge in [-0.3, -0.25) is 9.88 Å². The Morgan fingerprint density at radius 1 is 1.35 bits per heavy atom. The molecular weight excluding hydrogens is 292 g/mol. The Morgan fingerprint density at radius 3 is 2.87 bits per heavy atom. The Balaban J connectivity index is 1.92. The van der Waals surface area contributed by atoms with Gasteiger partial charge in [0.2, 0.25) is 0 Å². The van der Waals surface area contributed by atoms with Crippen LogP contribution in [0.5, 0.6) is 5.75 Å². The first-order valence-electron chi connectivity index (χ1n) is 7.84. The number of hydrogen-bond acceptors (Lipinski definition) is 4. The van der Waals surface area contributed by atoms with E-state index >= 15 is 0 Å². The number of rotatable bonds is 3. The number of aromatic hydroxyl groups is 1. The van der Waals surface area contributed by atoms with E-state index in [1.54, 1.807) is 23.2 Å². The van der Waals surface area contributed by atoms with Crippen LogP contribution in [0, 0.1) is 0 Å². The maximum Gasteiger partial charge on any atom is 0.410 e. The molecule has 0 bridgehead atoms. The molecule has 1 amide bonds. The number of fused-ring (bicyclic) bond motifs is 1. The van der Waals surface area contributed by atoms with Gasteiger partial charge in [-0.2, -0.15) is 0 Å². The molecule has 1 aromatic heterocycles. The molecule has 1 aliphatic rings. The topological polar surface area (TPSA) is 62.7 Å². The molecule has 120 valence electrons. The third-order valence-corrected chi connectivity index (χ3v) is 4.11. The standard InChI is InChI=1S/C18H20N2O3/c1-2-23-18(22)20-11-9-14-4-3-10-19-17(14)16(20)12-13-5-7-15(21)8-6-13/h3-8,10,16,21H,2,9,11-12H2,1H3. The van der Waals surface area contributed by atoms with E-state index in [1.165, 1.54) is 5.56 Å². The molecule has 2 aromatic rings. The second kappa shape index (κ2) is 6.69. The van der Waals surface area contributed by atoms with Crippen molar-refractivity contribution < 1.29 is 14.6 Å². The van der Waals surface area contributed by atoms with Crippen molar-refractivity contribution in [3.8, 4) is 5.75 Å². The van der Waals surface area contributed by atoms with Crippen molar-refractivity contribution in [1.82, 2.24) is 9.88 Å². The number of nitrogens with zero attached hydrogens (tertiary/aromatic N) is 2. The van der Waals surface area contributed by atoms with Gasteiger partial charge in [0.1, 0.15) is 5.75 Å². The molecule has 3 rings (SSSR count). The minimum absolute atomic E-state index is 0.149. The quantitative estimate of drug-likeness (QED) is 0.946. The van der Waals surface area contributed by atoms with Gasteiger partial charge in [-0.25, -0.2) is 4.79 Å². The lowest BCUT2D eigenvalue weighted by Crippen LogP contribution is -2.41. The van der Waals surface area contributed by atoms with E-state index in [4.69, 9.17) is 4.74 Å². The number of pyridine rings is 1. The van der Waals surface area contributed by atoms with Crippen LogP contribution < -0.4 is 0 Å². The molecule has 1 aliphatic heterocycles. The summed E-state index contributed by atoms with van der Waals surface area (Å²) in [6.07, 6.45) is 2.89. The van der Waals surface area contributed by atoms with Crippen molar-refractivity contribution in [3.63, 3.8) is 0 Å². The Kier molecular flexibility index (Phi) is 4.46. The minimum atomic E-state index is -0.299. The highest BCUT2D eigenvalue weighted by molar-refractivity contribution is 5.69. The number of benzene rings is 1. The van der Waals surface area contributed by atoms with E-state index in [2.05, 4.69) is 11.1 Å². The van der Waals surface area contributed by atoms with Crippen LogP contribution in [0.25, 0.3) is 0 Å². The highest BCUT2D eigenvalue weighted by atomic mass is 16.6. The lowest BCUT2D eigenvalue weighted by atomic mass is 9.93. The van der Waals surface area contributed by atoms with Gasteiger partial charge in [0.25, 0.3) is 0 Å². The van der Waals surface area contributed by atoms with E-state index in [-0.39, 0.29) is 17.9 Å². The van der Waals surface area contributed by atoms with Gasteiger partial charge in [-0.05, 0) is 49.1 Å². The summed E-state index contributed by atoms with van der Waals surface area (Å²) in [7, 11) is 0. The zero-order valence-electron chi connectivity index (χ0n) is 13.1. The second-order valence-electron chi connectivity index (χ2n) is 5.58. The van der Waals surface area contributed by atoms with Gasteiger partial charge < -0.3 is 9.84 Å². The van der Waals surface area contributed by atoms with Crippen LogP contribution in [0.15, 0.2) is 42.6 Å². The zero-order chi connectivity index (χ0) is 16.2. The number of amides is 1. The van der Waals surface area contributed by atoms with Crippen LogP contribution in [-0.4, -0.2) is 34.2 Å². The molecule has 23 heavy (non-hydrogen) atoms. The average molecular weight is 312 g/mol. The Hall–Kier alpha value is -2.56. The molecule has 1 N–H and O–H groups in total. The first-order valence-corrected chi connectivity index (χ1v) is 7.84. The van der Waals surface area contributed by atoms with Crippen molar-refractivity contribution >= 4 is 6.09 Å². The maximum atomic E-state index is 12.3. The highest BCUT2D eigenvalue weighted by Gasteiger charge is 2.32. The van der Waals surface area contributed by atoms with Crippen LogP contribution in [-0.2, 0) is 17.6 Å². The highest BCUT2D eigenvalue weighted by Crippen LogP contribution is 2.31. The average Bonchev–Trinajstić information content (AvgIpc) is 2.57. The van der Waals surface area contributed by atoms with E-state index in [0.29, 0.717) is 19.6 Å². The summed E-state index contributed by atoms with van der Waals surface area (Å²) < 4.78 is 5.20. The number of carbonyl (C=O) groups excluding carboxylic acids is 1. The summed E-state index contributed by atoms with van der Waals surface area (Å²) in [6, 6.07) is 10.9. The number of hydrogen-bond donors (Lipinski definition) is 1. The summed E-state index contributed by atoms with van der Waals surface area (Å²) in [4.78, 5) is 18.6. The Morgan fingerprint density at radius 2 is 2.13 bits per heavy atom. The number of ether oxygens (including phenoxy) is 1. The predicted molar refractivity (Wildman–Crippen MR) is 86.2 cm³/mol. The normalized spacial score (nSPS) is 16.7. The molecule has 0 saturated heterocycles.